The van der Waals surface area contributed by atoms with Gasteiger partial charge in [0.15, 0.2) is 0 Å². The van der Waals surface area contributed by atoms with E-state index >= 15 is 0 Å². The molecule has 47 heavy (non-hydrogen) atoms. The van der Waals surface area contributed by atoms with E-state index in [1.165, 1.54) is 11.8 Å². The maximum absolute atomic E-state index is 14.1. The first kappa shape index (κ1) is 32.0. The van der Waals surface area contributed by atoms with Crippen molar-refractivity contribution in [1.29, 1.82) is 0 Å². The van der Waals surface area contributed by atoms with Gasteiger partial charge in [-0.2, -0.15) is 0 Å². The molecule has 0 radical (unpaired) electrons. The Morgan fingerprint density at radius 3 is 2.66 bits per heavy atom. The van der Waals surface area contributed by atoms with Gasteiger partial charge in [0, 0.05) is 17.9 Å². The van der Waals surface area contributed by atoms with Gasteiger partial charge in [0.25, 0.3) is 0 Å². The van der Waals surface area contributed by atoms with E-state index < -0.39 is 22.2 Å². The molecule has 4 bridgehead atoms. The zero-order chi connectivity index (χ0) is 32.7. The molecule has 10 atom stereocenters. The lowest BCUT2D eigenvalue weighted by Crippen LogP contribution is -2.65. The highest BCUT2D eigenvalue weighted by atomic mass is 16.5. The van der Waals surface area contributed by atoms with Crippen molar-refractivity contribution in [3.8, 4) is 0 Å². The Labute approximate surface area is 280 Å². The Kier molecular flexibility index (Phi) is 7.95. The van der Waals surface area contributed by atoms with Gasteiger partial charge in [-0.25, -0.2) is 4.98 Å². The van der Waals surface area contributed by atoms with Crippen molar-refractivity contribution in [3.63, 3.8) is 0 Å². The number of unbranched alkanes of at least 4 members (excludes halogenated alkanes) is 1. The second kappa shape index (κ2) is 11.7. The molecule has 0 amide bonds. The van der Waals surface area contributed by atoms with Crippen molar-refractivity contribution in [2.24, 2.45) is 51.8 Å². The average molecular weight is 644 g/mol. The van der Waals surface area contributed by atoms with Crippen LogP contribution < -0.4 is 10.7 Å². The van der Waals surface area contributed by atoms with Crippen LogP contribution in [0.5, 0.6) is 0 Å². The molecule has 256 valence electrons. The van der Waals surface area contributed by atoms with E-state index in [0.29, 0.717) is 30.1 Å². The fourth-order valence-corrected chi connectivity index (χ4v) is 13.0. The zero-order valence-corrected chi connectivity index (χ0v) is 29.2. The summed E-state index contributed by atoms with van der Waals surface area (Å²) < 4.78 is 7.38. The Morgan fingerprint density at radius 1 is 1.17 bits per heavy atom. The van der Waals surface area contributed by atoms with Gasteiger partial charge < -0.3 is 24.5 Å². The smallest absolute Gasteiger partial charge is 0.315 e. The molecule has 3 heterocycles. The lowest BCUT2D eigenvalue weighted by atomic mass is 9.41. The molecule has 3 saturated carbocycles. The highest BCUT2D eigenvalue weighted by Gasteiger charge is 2.86. The molecule has 2 N–H and O–H groups in total. The Hall–Kier alpha value is -2.25. The first-order valence-corrected chi connectivity index (χ1v) is 19.3. The van der Waals surface area contributed by atoms with Crippen LogP contribution in [0.25, 0.3) is 12.2 Å². The van der Waals surface area contributed by atoms with Gasteiger partial charge >= 0.3 is 5.97 Å². The van der Waals surface area contributed by atoms with Crippen molar-refractivity contribution in [1.82, 2.24) is 14.9 Å². The number of piperidine rings is 1. The number of aromatic nitrogens is 2. The van der Waals surface area contributed by atoms with Crippen LogP contribution in [0, 0.1) is 51.8 Å². The van der Waals surface area contributed by atoms with E-state index in [1.54, 1.807) is 0 Å². The number of carboxylic acids is 1. The van der Waals surface area contributed by atoms with Crippen molar-refractivity contribution in [3.05, 3.63) is 28.2 Å². The highest BCUT2D eigenvalue weighted by Crippen LogP contribution is 2.84. The van der Waals surface area contributed by atoms with Gasteiger partial charge in [0.05, 0.1) is 28.3 Å². The number of carbonyl (C=O) groups is 2. The second-order valence-electron chi connectivity index (χ2n) is 17.2. The predicted molar refractivity (Wildman–Crippen MR) is 183 cm³/mol. The molecule has 7 heteroatoms. The van der Waals surface area contributed by atoms with E-state index in [0.717, 1.165) is 107 Å². The lowest BCUT2D eigenvalue weighted by molar-refractivity contribution is -0.197. The molecule has 5 aliphatic carbocycles. The number of nitrogens with one attached hydrogen (secondary N) is 1. The zero-order valence-electron chi connectivity index (χ0n) is 29.2. The molecular weight excluding hydrogens is 586 g/mol. The maximum Gasteiger partial charge on any atom is 0.315 e. The summed E-state index contributed by atoms with van der Waals surface area (Å²) in [5.74, 6) is 2.57. The molecule has 2 saturated heterocycles. The molecule has 1 aromatic heterocycles. The van der Waals surface area contributed by atoms with Gasteiger partial charge in [-0.1, -0.05) is 70.8 Å². The molecule has 7 unspecified atom stereocenters. The Bertz CT molecular complexity index is 1520. The second-order valence-corrected chi connectivity index (χ2v) is 17.2. The number of imidazole rings is 1. The number of H-pyrrole nitrogens is 1. The van der Waals surface area contributed by atoms with Gasteiger partial charge in [-0.3, -0.25) is 4.79 Å². The molecule has 0 aromatic carbocycles. The monoisotopic (exact) mass is 643 g/mol. The molecule has 1 aromatic rings. The summed E-state index contributed by atoms with van der Waals surface area (Å²) >= 11 is 0. The largest absolute Gasteiger partial charge is 0.481 e. The van der Waals surface area contributed by atoms with Crippen molar-refractivity contribution in [2.75, 3.05) is 19.6 Å². The molecular formula is C40H57N3O4. The van der Waals surface area contributed by atoms with E-state index in [2.05, 4.69) is 55.8 Å². The number of aromatic amines is 1. The fourth-order valence-electron chi connectivity index (χ4n) is 13.0. The van der Waals surface area contributed by atoms with Crippen LogP contribution in [-0.4, -0.2) is 64.1 Å². The number of fused-ring (bicyclic) bond motifs is 3. The van der Waals surface area contributed by atoms with Crippen LogP contribution in [0.2, 0.25) is 0 Å². The van der Waals surface area contributed by atoms with Crippen molar-refractivity contribution >= 4 is 24.4 Å². The number of likely N-dealkylation sites (tertiary alicyclic amines) is 1. The normalized spacial score (nSPS) is 42.6. The summed E-state index contributed by atoms with van der Waals surface area (Å²) in [6.07, 6.45) is 20.5. The lowest BCUT2D eigenvalue weighted by Gasteiger charge is -2.60. The summed E-state index contributed by atoms with van der Waals surface area (Å²) in [6.45, 7) is 11.9. The minimum absolute atomic E-state index is 0.0929. The summed E-state index contributed by atoms with van der Waals surface area (Å²) in [6, 6.07) is 0. The summed E-state index contributed by atoms with van der Waals surface area (Å²) in [5, 5.41) is 13.9. The van der Waals surface area contributed by atoms with E-state index in [-0.39, 0.29) is 30.0 Å². The minimum Gasteiger partial charge on any atom is -0.481 e. The number of carboxylic acid groups (broad SMARTS) is 1. The van der Waals surface area contributed by atoms with Crippen LogP contribution in [0.15, 0.2) is 11.6 Å². The third-order valence-corrected chi connectivity index (χ3v) is 14.9. The van der Waals surface area contributed by atoms with Crippen LogP contribution in [0.4, 0.5) is 0 Å². The number of hydrogen-bond acceptors (Lipinski definition) is 5. The number of allylic oxidation sites excluding steroid dienone is 1. The number of nitrogens with zero attached hydrogens (tertiary/aromatic N) is 2. The summed E-state index contributed by atoms with van der Waals surface area (Å²) in [7, 11) is 0. The Balaban J connectivity index is 1.08. The van der Waals surface area contributed by atoms with Gasteiger partial charge in [0.1, 0.15) is 17.5 Å². The van der Waals surface area contributed by atoms with E-state index in [1.807, 2.05) is 0 Å². The molecule has 7 aliphatic rings. The molecule has 7 nitrogen and oxygen atoms in total. The minimum atomic E-state index is -1.16. The van der Waals surface area contributed by atoms with Crippen LogP contribution in [-0.2, 0) is 14.3 Å². The van der Waals surface area contributed by atoms with E-state index in [4.69, 9.17) is 9.72 Å². The molecule has 8 rings (SSSR count). The van der Waals surface area contributed by atoms with Gasteiger partial charge in [-0.05, 0) is 106 Å². The standard InChI is InChI=1S/C40H57N3O4/c1-5-6-9-27-18-35(47-34(27)22-43-16-14-26(15-17-43)36-41-32-10-7-8-11-33(32)42-36)39-21-29-25(4)12-13-30(29)38(23-44)20-28(39)19-31(24(2)3)40(38,39)37(45)46/h10-11,19,23-30,34-35H,5-9,12-18,20-22H2,1-4H3,(H,41,42)(H,45,46)/t25-,27?,28?,29-,30-,34?,35?,38?,39?,40?/m1/s1. The van der Waals surface area contributed by atoms with Crippen LogP contribution in [0.3, 0.4) is 0 Å². The molecule has 0 spiro atoms. The van der Waals surface area contributed by atoms with Crippen molar-refractivity contribution < 1.29 is 19.4 Å². The first-order valence-electron chi connectivity index (χ1n) is 19.3. The third kappa shape index (κ3) is 4.33. The first-order chi connectivity index (χ1) is 22.7. The molecule has 5 fully saturated rings. The van der Waals surface area contributed by atoms with Gasteiger partial charge in [0.2, 0.25) is 0 Å². The van der Waals surface area contributed by atoms with Gasteiger partial charge in [-0.15, -0.1) is 0 Å². The number of aliphatic carboxylic acids is 1. The number of rotatable bonds is 10. The quantitative estimate of drug-likeness (QED) is 0.246. The van der Waals surface area contributed by atoms with Crippen LogP contribution in [0.1, 0.15) is 116 Å². The SMILES string of the molecule is CCCCC1CC(C23C[C@@H]4[C@H](C)CC[C@H]4C4(C=O)CC2C=C(C(C)C)C34C(=O)O)OC1CN1CCC(c2nc3c([nH]2)=CCCC=3)CC1. The predicted octanol–water partition coefficient (Wildman–Crippen LogP) is 5.83. The number of carbonyl (C=O) groups excluding carboxylic acids is 1. The van der Waals surface area contributed by atoms with E-state index in [9.17, 15) is 14.7 Å². The summed E-state index contributed by atoms with van der Waals surface area (Å²) in [5.41, 5.74) is -1.50. The van der Waals surface area contributed by atoms with Crippen molar-refractivity contribution in [2.45, 2.75) is 123 Å². The number of ether oxygens (including phenoxy) is 1. The summed E-state index contributed by atoms with van der Waals surface area (Å²) in [4.78, 5) is 38.9. The third-order valence-electron chi connectivity index (χ3n) is 14.9. The fraction of sp³-hybridized carbons (Fsp3) is 0.775. The average Bonchev–Trinajstić information content (AvgIpc) is 3.86. The number of hydrogen-bond donors (Lipinski definition) is 2. The topological polar surface area (TPSA) is 95.5 Å². The number of aldehydes is 1. The Morgan fingerprint density at radius 2 is 1.96 bits per heavy atom. The molecule has 2 aliphatic heterocycles. The highest BCUT2D eigenvalue weighted by molar-refractivity contribution is 5.90. The maximum atomic E-state index is 14.1. The van der Waals surface area contributed by atoms with Crippen LogP contribution >= 0.6 is 0 Å².